The topological polar surface area (TPSA) is 50.4 Å². The number of aromatic nitrogens is 3. The molecule has 0 amide bonds. The first kappa shape index (κ1) is 12.7. The number of rotatable bonds is 2. The van der Waals surface area contributed by atoms with Crippen molar-refractivity contribution in [3.8, 4) is 17.1 Å². The van der Waals surface area contributed by atoms with Crippen molar-refractivity contribution in [2.24, 2.45) is 0 Å². The van der Waals surface area contributed by atoms with Crippen LogP contribution in [0.15, 0.2) is 30.3 Å². The van der Waals surface area contributed by atoms with Crippen LogP contribution in [0.4, 0.5) is 0 Å². The first-order valence-electron chi connectivity index (χ1n) is 6.98. The number of fused-ring (bicyclic) bond motifs is 1. The van der Waals surface area contributed by atoms with E-state index in [1.165, 1.54) is 4.52 Å². The summed E-state index contributed by atoms with van der Waals surface area (Å²) in [5.41, 5.74) is 4.23. The molecule has 0 spiro atoms. The van der Waals surface area contributed by atoms with Crippen LogP contribution in [0.3, 0.4) is 0 Å². The van der Waals surface area contributed by atoms with E-state index in [4.69, 9.17) is 11.6 Å². The molecule has 4 rings (SSSR count). The molecule has 21 heavy (non-hydrogen) atoms. The van der Waals surface area contributed by atoms with Gasteiger partial charge in [0.2, 0.25) is 5.88 Å². The third-order valence-corrected chi connectivity index (χ3v) is 4.18. The number of aryl methyl sites for hydroxylation is 1. The van der Waals surface area contributed by atoms with Crippen molar-refractivity contribution in [2.75, 3.05) is 0 Å². The molecule has 0 atom stereocenters. The maximum absolute atomic E-state index is 10.5. The zero-order chi connectivity index (χ0) is 14.6. The molecule has 5 heteroatoms. The van der Waals surface area contributed by atoms with E-state index in [9.17, 15) is 5.11 Å². The lowest BCUT2D eigenvalue weighted by molar-refractivity contribution is 0.427. The Bertz CT molecular complexity index is 835. The lowest BCUT2D eigenvalue weighted by atomic mass is 10.1. The number of nitrogens with zero attached hydrogens (tertiary/aromatic N) is 3. The van der Waals surface area contributed by atoms with Crippen LogP contribution >= 0.6 is 11.6 Å². The number of aromatic hydroxyl groups is 1. The van der Waals surface area contributed by atoms with Crippen LogP contribution in [0.2, 0.25) is 5.02 Å². The van der Waals surface area contributed by atoms with E-state index in [2.05, 4.69) is 10.1 Å². The highest BCUT2D eigenvalue weighted by molar-refractivity contribution is 6.30. The molecule has 1 aliphatic rings. The fraction of sp³-hybridized carbons (Fsp3) is 0.250. The summed E-state index contributed by atoms with van der Waals surface area (Å²) in [7, 11) is 0. The first-order chi connectivity index (χ1) is 10.1. The first-order valence-corrected chi connectivity index (χ1v) is 7.36. The fourth-order valence-electron chi connectivity index (χ4n) is 2.73. The molecule has 1 saturated carbocycles. The minimum Gasteiger partial charge on any atom is -0.493 e. The van der Waals surface area contributed by atoms with E-state index in [0.29, 0.717) is 16.6 Å². The predicted octanol–water partition coefficient (Wildman–Crippen LogP) is 3.94. The molecule has 0 aliphatic heterocycles. The van der Waals surface area contributed by atoms with Gasteiger partial charge in [0, 0.05) is 27.9 Å². The summed E-state index contributed by atoms with van der Waals surface area (Å²) < 4.78 is 1.53. The molecule has 1 N–H and O–H groups in total. The molecule has 1 aromatic carbocycles. The summed E-state index contributed by atoms with van der Waals surface area (Å²) in [5.74, 6) is 0.658. The van der Waals surface area contributed by atoms with Crippen LogP contribution in [0.25, 0.3) is 16.9 Å². The van der Waals surface area contributed by atoms with Gasteiger partial charge in [-0.1, -0.05) is 23.7 Å². The van der Waals surface area contributed by atoms with E-state index >= 15 is 0 Å². The predicted molar refractivity (Wildman–Crippen MR) is 81.8 cm³/mol. The third kappa shape index (κ3) is 2.07. The van der Waals surface area contributed by atoms with Gasteiger partial charge in [0.15, 0.2) is 5.65 Å². The van der Waals surface area contributed by atoms with Gasteiger partial charge in [0.05, 0.1) is 5.69 Å². The van der Waals surface area contributed by atoms with Gasteiger partial charge in [-0.2, -0.15) is 9.61 Å². The number of benzene rings is 1. The summed E-state index contributed by atoms with van der Waals surface area (Å²) in [6.45, 7) is 1.95. The molecule has 0 unspecified atom stereocenters. The van der Waals surface area contributed by atoms with Crippen LogP contribution in [0, 0.1) is 6.92 Å². The van der Waals surface area contributed by atoms with Crippen LogP contribution in [-0.4, -0.2) is 19.7 Å². The number of hydrogen-bond donors (Lipinski definition) is 1. The van der Waals surface area contributed by atoms with Crippen LogP contribution in [-0.2, 0) is 0 Å². The van der Waals surface area contributed by atoms with Gasteiger partial charge >= 0.3 is 0 Å². The van der Waals surface area contributed by atoms with E-state index in [1.54, 1.807) is 0 Å². The van der Waals surface area contributed by atoms with Gasteiger partial charge in [0.25, 0.3) is 0 Å². The lowest BCUT2D eigenvalue weighted by Crippen LogP contribution is -2.00. The van der Waals surface area contributed by atoms with Gasteiger partial charge in [-0.05, 0) is 37.8 Å². The normalized spacial score (nSPS) is 14.8. The molecular formula is C16H14ClN3O. The second-order valence-corrected chi connectivity index (χ2v) is 5.95. The molecule has 1 aliphatic carbocycles. The largest absolute Gasteiger partial charge is 0.493 e. The molecule has 0 bridgehead atoms. The minimum absolute atomic E-state index is 0.222. The van der Waals surface area contributed by atoms with Crippen molar-refractivity contribution < 1.29 is 5.11 Å². The number of halogens is 1. The highest BCUT2D eigenvalue weighted by atomic mass is 35.5. The second kappa shape index (κ2) is 4.46. The standard InChI is InChI=1S/C16H14ClN3O/c1-9-15(11-2-3-11)16(21)20-14(18-9)8-13(19-20)10-4-6-12(17)7-5-10/h4-8,11,21H,2-3H2,1H3. The maximum Gasteiger partial charge on any atom is 0.219 e. The second-order valence-electron chi connectivity index (χ2n) is 5.52. The molecule has 106 valence electrons. The zero-order valence-electron chi connectivity index (χ0n) is 11.5. The van der Waals surface area contributed by atoms with Crippen molar-refractivity contribution in [3.63, 3.8) is 0 Å². The average Bonchev–Trinajstić information content (AvgIpc) is 3.19. The summed E-state index contributed by atoms with van der Waals surface area (Å²) in [6, 6.07) is 9.36. The zero-order valence-corrected chi connectivity index (χ0v) is 12.3. The molecule has 0 radical (unpaired) electrons. The van der Waals surface area contributed by atoms with Crippen molar-refractivity contribution >= 4 is 17.2 Å². The quantitative estimate of drug-likeness (QED) is 0.779. The smallest absolute Gasteiger partial charge is 0.219 e. The van der Waals surface area contributed by atoms with Crippen LogP contribution < -0.4 is 0 Å². The molecule has 2 aromatic heterocycles. The van der Waals surface area contributed by atoms with Crippen LogP contribution in [0.1, 0.15) is 30.0 Å². The van der Waals surface area contributed by atoms with Crippen molar-refractivity contribution in [1.82, 2.24) is 14.6 Å². The summed E-state index contributed by atoms with van der Waals surface area (Å²) in [5, 5.41) is 15.7. The van der Waals surface area contributed by atoms with Gasteiger partial charge < -0.3 is 5.11 Å². The highest BCUT2D eigenvalue weighted by Gasteiger charge is 2.30. The molecule has 0 saturated heterocycles. The Morgan fingerprint density at radius 2 is 1.95 bits per heavy atom. The van der Waals surface area contributed by atoms with Crippen LogP contribution in [0.5, 0.6) is 5.88 Å². The average molecular weight is 300 g/mol. The number of hydrogen-bond acceptors (Lipinski definition) is 3. The van der Waals surface area contributed by atoms with E-state index in [1.807, 2.05) is 37.3 Å². The third-order valence-electron chi connectivity index (χ3n) is 3.93. The Morgan fingerprint density at radius 3 is 2.62 bits per heavy atom. The summed E-state index contributed by atoms with van der Waals surface area (Å²) in [6.07, 6.45) is 2.24. The Balaban J connectivity index is 1.89. The molecule has 3 aromatic rings. The Labute approximate surface area is 127 Å². The summed E-state index contributed by atoms with van der Waals surface area (Å²) in [4.78, 5) is 4.58. The van der Waals surface area contributed by atoms with Gasteiger partial charge in [0.1, 0.15) is 0 Å². The Kier molecular flexibility index (Phi) is 2.69. The summed E-state index contributed by atoms with van der Waals surface area (Å²) >= 11 is 5.91. The van der Waals surface area contributed by atoms with Gasteiger partial charge in [-0.25, -0.2) is 4.98 Å². The molecule has 4 nitrogen and oxygen atoms in total. The minimum atomic E-state index is 0.222. The lowest BCUT2D eigenvalue weighted by Gasteiger charge is -2.07. The van der Waals surface area contributed by atoms with Gasteiger partial charge in [-0.15, -0.1) is 0 Å². The van der Waals surface area contributed by atoms with Gasteiger partial charge in [-0.3, -0.25) is 0 Å². The van der Waals surface area contributed by atoms with E-state index < -0.39 is 0 Å². The highest BCUT2D eigenvalue weighted by Crippen LogP contribution is 2.45. The van der Waals surface area contributed by atoms with Crippen molar-refractivity contribution in [3.05, 3.63) is 46.6 Å². The Morgan fingerprint density at radius 1 is 1.24 bits per heavy atom. The Hall–Kier alpha value is -2.07. The molecule has 2 heterocycles. The van der Waals surface area contributed by atoms with Crippen molar-refractivity contribution in [2.45, 2.75) is 25.7 Å². The SMILES string of the molecule is Cc1nc2cc(-c3ccc(Cl)cc3)nn2c(O)c1C1CC1. The van der Waals surface area contributed by atoms with Crippen molar-refractivity contribution in [1.29, 1.82) is 0 Å². The molecule has 1 fully saturated rings. The van der Waals surface area contributed by atoms with E-state index in [0.717, 1.165) is 35.4 Å². The monoisotopic (exact) mass is 299 g/mol. The van der Waals surface area contributed by atoms with E-state index in [-0.39, 0.29) is 5.88 Å². The fourth-order valence-corrected chi connectivity index (χ4v) is 2.85. The molecular weight excluding hydrogens is 286 g/mol. The maximum atomic E-state index is 10.5.